The van der Waals surface area contributed by atoms with Gasteiger partial charge in [0.05, 0.1) is 16.3 Å². The number of nitro groups is 1. The lowest BCUT2D eigenvalue weighted by atomic mass is 10.1. The fraction of sp³-hybridized carbons (Fsp3) is 0.222. The molecule has 0 amide bonds. The van der Waals surface area contributed by atoms with Crippen LogP contribution in [-0.4, -0.2) is 30.4 Å². The summed E-state index contributed by atoms with van der Waals surface area (Å²) in [7, 11) is 0. The first-order valence-corrected chi connectivity index (χ1v) is 8.28. The van der Waals surface area contributed by atoms with Crippen molar-refractivity contribution >= 4 is 17.2 Å². The average Bonchev–Trinajstić information content (AvgIpc) is 2.97. The standard InChI is InChI=1S/C18H19N7O2/c1-11-9-12(2)24(23-11)18-10-17(19-14(4)20-18)22-21-13(3)15-5-7-16(8-6-15)25(26)27/h5-10H,1-4H3,(H,19,20,22)/b21-13+. The molecule has 27 heavy (non-hydrogen) atoms. The van der Waals surface area contributed by atoms with Gasteiger partial charge in [-0.15, -0.1) is 0 Å². The first-order chi connectivity index (χ1) is 12.8. The number of non-ortho nitro benzene ring substituents is 1. The Bertz CT molecular complexity index is 1020. The summed E-state index contributed by atoms with van der Waals surface area (Å²) in [5.41, 5.74) is 6.29. The molecule has 0 atom stereocenters. The molecule has 0 spiro atoms. The maximum atomic E-state index is 10.7. The number of rotatable bonds is 5. The number of aromatic nitrogens is 4. The lowest BCUT2D eigenvalue weighted by molar-refractivity contribution is -0.384. The van der Waals surface area contributed by atoms with E-state index in [0.29, 0.717) is 23.2 Å². The van der Waals surface area contributed by atoms with Crippen molar-refractivity contribution in [2.75, 3.05) is 5.43 Å². The van der Waals surface area contributed by atoms with Gasteiger partial charge in [0.25, 0.3) is 5.69 Å². The fourth-order valence-corrected chi connectivity index (χ4v) is 2.61. The lowest BCUT2D eigenvalue weighted by Crippen LogP contribution is -2.07. The van der Waals surface area contributed by atoms with Crippen LogP contribution in [0, 0.1) is 30.9 Å². The third-order valence-corrected chi connectivity index (χ3v) is 3.89. The highest BCUT2D eigenvalue weighted by molar-refractivity contribution is 5.99. The average molecular weight is 365 g/mol. The van der Waals surface area contributed by atoms with Crippen LogP contribution in [0.15, 0.2) is 41.5 Å². The van der Waals surface area contributed by atoms with Crippen LogP contribution in [0.4, 0.5) is 11.5 Å². The van der Waals surface area contributed by atoms with Crippen molar-refractivity contribution in [3.8, 4) is 5.82 Å². The molecule has 0 fully saturated rings. The molecule has 0 radical (unpaired) electrons. The van der Waals surface area contributed by atoms with Crippen LogP contribution in [0.25, 0.3) is 5.82 Å². The molecule has 0 bridgehead atoms. The third-order valence-electron chi connectivity index (χ3n) is 3.89. The van der Waals surface area contributed by atoms with E-state index in [4.69, 9.17) is 0 Å². The molecule has 0 saturated heterocycles. The van der Waals surface area contributed by atoms with E-state index in [1.165, 1.54) is 12.1 Å². The number of nitrogens with one attached hydrogen (secondary N) is 1. The molecule has 1 N–H and O–H groups in total. The molecular formula is C18H19N7O2. The summed E-state index contributed by atoms with van der Waals surface area (Å²) >= 11 is 0. The number of hydrogen-bond acceptors (Lipinski definition) is 7. The minimum Gasteiger partial charge on any atom is -0.261 e. The van der Waals surface area contributed by atoms with Crippen LogP contribution in [0.3, 0.4) is 0 Å². The first kappa shape index (κ1) is 18.2. The van der Waals surface area contributed by atoms with Crippen molar-refractivity contribution < 1.29 is 4.92 Å². The summed E-state index contributed by atoms with van der Waals surface area (Å²) in [6, 6.07) is 9.95. The van der Waals surface area contributed by atoms with Gasteiger partial charge in [0.1, 0.15) is 5.82 Å². The molecule has 3 aromatic rings. The molecule has 2 aromatic heterocycles. The maximum Gasteiger partial charge on any atom is 0.269 e. The van der Waals surface area contributed by atoms with Crippen LogP contribution in [0.1, 0.15) is 29.7 Å². The van der Waals surface area contributed by atoms with Gasteiger partial charge in [0, 0.05) is 23.9 Å². The maximum absolute atomic E-state index is 10.7. The van der Waals surface area contributed by atoms with E-state index >= 15 is 0 Å². The van der Waals surface area contributed by atoms with E-state index in [-0.39, 0.29) is 5.69 Å². The monoisotopic (exact) mass is 365 g/mol. The smallest absolute Gasteiger partial charge is 0.261 e. The Hall–Kier alpha value is -3.62. The Morgan fingerprint density at radius 2 is 1.85 bits per heavy atom. The topological polar surface area (TPSA) is 111 Å². The minimum atomic E-state index is -0.432. The zero-order valence-corrected chi connectivity index (χ0v) is 15.5. The summed E-state index contributed by atoms with van der Waals surface area (Å²) in [5, 5.41) is 19.5. The van der Waals surface area contributed by atoms with Gasteiger partial charge in [-0.2, -0.15) is 10.2 Å². The summed E-state index contributed by atoms with van der Waals surface area (Å²) in [6.45, 7) is 7.49. The zero-order valence-electron chi connectivity index (χ0n) is 15.5. The molecule has 9 nitrogen and oxygen atoms in total. The molecule has 0 saturated carbocycles. The van der Waals surface area contributed by atoms with Crippen molar-refractivity contribution in [3.63, 3.8) is 0 Å². The van der Waals surface area contributed by atoms with E-state index in [1.54, 1.807) is 29.8 Å². The zero-order chi connectivity index (χ0) is 19.6. The van der Waals surface area contributed by atoms with Crippen LogP contribution in [0.2, 0.25) is 0 Å². The van der Waals surface area contributed by atoms with Gasteiger partial charge in [0.2, 0.25) is 0 Å². The second-order valence-electron chi connectivity index (χ2n) is 6.11. The fourth-order valence-electron chi connectivity index (χ4n) is 2.61. The van der Waals surface area contributed by atoms with Gasteiger partial charge in [-0.05, 0) is 51.5 Å². The van der Waals surface area contributed by atoms with E-state index in [0.717, 1.165) is 17.0 Å². The van der Waals surface area contributed by atoms with E-state index in [9.17, 15) is 10.1 Å². The number of nitro benzene ring substituents is 1. The minimum absolute atomic E-state index is 0.0421. The summed E-state index contributed by atoms with van der Waals surface area (Å²) in [4.78, 5) is 19.1. The van der Waals surface area contributed by atoms with Gasteiger partial charge >= 0.3 is 0 Å². The number of benzene rings is 1. The molecule has 0 aliphatic rings. The predicted octanol–water partition coefficient (Wildman–Crippen LogP) is 3.33. The highest BCUT2D eigenvalue weighted by Gasteiger charge is 2.09. The molecule has 9 heteroatoms. The van der Waals surface area contributed by atoms with Gasteiger partial charge in [-0.3, -0.25) is 15.5 Å². The predicted molar refractivity (Wildman–Crippen MR) is 102 cm³/mol. The normalized spacial score (nSPS) is 11.5. The van der Waals surface area contributed by atoms with Crippen molar-refractivity contribution in [1.29, 1.82) is 0 Å². The van der Waals surface area contributed by atoms with Gasteiger partial charge in [-0.1, -0.05) is 0 Å². The van der Waals surface area contributed by atoms with Crippen molar-refractivity contribution in [1.82, 2.24) is 19.7 Å². The molecule has 1 aromatic carbocycles. The van der Waals surface area contributed by atoms with E-state index in [2.05, 4.69) is 25.6 Å². The second kappa shape index (κ2) is 7.32. The molecule has 0 aliphatic heterocycles. The van der Waals surface area contributed by atoms with Crippen molar-refractivity contribution in [2.45, 2.75) is 27.7 Å². The van der Waals surface area contributed by atoms with Crippen LogP contribution < -0.4 is 5.43 Å². The Kier molecular flexibility index (Phi) is 4.93. The number of aryl methyl sites for hydroxylation is 3. The Labute approximate surface area is 155 Å². The lowest BCUT2D eigenvalue weighted by Gasteiger charge is -2.08. The molecule has 0 aliphatic carbocycles. The Morgan fingerprint density at radius 1 is 1.15 bits per heavy atom. The van der Waals surface area contributed by atoms with E-state index < -0.39 is 4.92 Å². The molecular weight excluding hydrogens is 346 g/mol. The van der Waals surface area contributed by atoms with E-state index in [1.807, 2.05) is 26.8 Å². The van der Waals surface area contributed by atoms with Crippen LogP contribution in [-0.2, 0) is 0 Å². The molecule has 138 valence electrons. The third kappa shape index (κ3) is 4.14. The van der Waals surface area contributed by atoms with Gasteiger partial charge in [0.15, 0.2) is 11.6 Å². The Morgan fingerprint density at radius 3 is 2.44 bits per heavy atom. The number of anilines is 1. The van der Waals surface area contributed by atoms with Crippen LogP contribution in [0.5, 0.6) is 0 Å². The summed E-state index contributed by atoms with van der Waals surface area (Å²) in [6.07, 6.45) is 0. The van der Waals surface area contributed by atoms with Crippen LogP contribution >= 0.6 is 0 Å². The number of hydrogen-bond donors (Lipinski definition) is 1. The molecule has 0 unspecified atom stereocenters. The quantitative estimate of drug-likeness (QED) is 0.422. The summed E-state index contributed by atoms with van der Waals surface area (Å²) in [5.74, 6) is 1.77. The molecule has 2 heterocycles. The largest absolute Gasteiger partial charge is 0.269 e. The molecule has 3 rings (SSSR count). The Balaban J connectivity index is 1.84. The van der Waals surface area contributed by atoms with Crippen molar-refractivity contribution in [2.24, 2.45) is 5.10 Å². The first-order valence-electron chi connectivity index (χ1n) is 8.28. The van der Waals surface area contributed by atoms with Crippen molar-refractivity contribution in [3.05, 3.63) is 69.3 Å². The highest BCUT2D eigenvalue weighted by atomic mass is 16.6. The summed E-state index contributed by atoms with van der Waals surface area (Å²) < 4.78 is 1.75. The number of nitrogens with zero attached hydrogens (tertiary/aromatic N) is 6. The number of hydrazone groups is 1. The van der Waals surface area contributed by atoms with Gasteiger partial charge < -0.3 is 0 Å². The van der Waals surface area contributed by atoms with Gasteiger partial charge in [-0.25, -0.2) is 14.6 Å². The second-order valence-corrected chi connectivity index (χ2v) is 6.11. The SMILES string of the molecule is C/C(=N\Nc1cc(-n2nc(C)cc2C)nc(C)n1)c1ccc([N+](=O)[O-])cc1. The highest BCUT2D eigenvalue weighted by Crippen LogP contribution is 2.15.